The van der Waals surface area contributed by atoms with Gasteiger partial charge in [0.2, 0.25) is 15.9 Å². The Morgan fingerprint density at radius 2 is 2.02 bits per heavy atom. The van der Waals surface area contributed by atoms with Gasteiger partial charge in [0.25, 0.3) is 0 Å². The van der Waals surface area contributed by atoms with Gasteiger partial charge in [0, 0.05) is 70.8 Å². The Morgan fingerprint density at radius 1 is 1.27 bits per heavy atom. The summed E-state index contributed by atoms with van der Waals surface area (Å²) in [5.41, 5.74) is -0.386. The maximum Gasteiger partial charge on any atom is 0.417 e. The van der Waals surface area contributed by atoms with Crippen LogP contribution >= 0.6 is 0 Å². The average Bonchev–Trinajstić information content (AvgIpc) is 3.30. The number of aromatic nitrogens is 1. The Balaban J connectivity index is 1.42. The van der Waals surface area contributed by atoms with Gasteiger partial charge in [0.1, 0.15) is 0 Å². The van der Waals surface area contributed by atoms with E-state index in [4.69, 9.17) is 9.47 Å². The molecule has 0 bridgehead atoms. The Labute approximate surface area is 257 Å². The molecule has 1 N–H and O–H groups in total. The molecule has 1 saturated carbocycles. The standard InChI is InChI=1S/C31H41F3N4O5S/c1-21-13-25(36-27-10-12-43-18-28(27)42-3)15-30(21,20-37(2)44(40,41)19-22-7-5-4-6-8-22)29(39)38-11-9-26-23(17-38)14-24(16-35-26)31(32,33)34/h4-8,14,16,21,25,27-28,36H,9-13,15,17-20H2,1-3H3/t21-,25-,27?,28?,30+/m1/s1. The Morgan fingerprint density at radius 3 is 2.73 bits per heavy atom. The van der Waals surface area contributed by atoms with Crippen LogP contribution in [-0.4, -0.2) is 87.2 Å². The van der Waals surface area contributed by atoms with Crippen molar-refractivity contribution >= 4 is 15.9 Å². The number of nitrogens with one attached hydrogen (secondary N) is 1. The third-order valence-electron chi connectivity index (χ3n) is 9.50. The fourth-order valence-electron chi connectivity index (χ4n) is 6.99. The summed E-state index contributed by atoms with van der Waals surface area (Å²) in [5.74, 6) is -0.649. The predicted molar refractivity (Wildman–Crippen MR) is 158 cm³/mol. The maximum absolute atomic E-state index is 14.6. The summed E-state index contributed by atoms with van der Waals surface area (Å²) in [6.45, 7) is 3.27. The molecule has 1 aromatic heterocycles. The summed E-state index contributed by atoms with van der Waals surface area (Å²) >= 11 is 0. The first-order chi connectivity index (χ1) is 20.8. The lowest BCUT2D eigenvalue weighted by Crippen LogP contribution is -2.54. The summed E-state index contributed by atoms with van der Waals surface area (Å²) in [7, 11) is -0.641. The van der Waals surface area contributed by atoms with Crippen LogP contribution in [0.3, 0.4) is 0 Å². The topological polar surface area (TPSA) is 101 Å². The fraction of sp³-hybridized carbons (Fsp3) is 0.613. The minimum absolute atomic E-state index is 0.0101. The van der Waals surface area contributed by atoms with Gasteiger partial charge in [-0.1, -0.05) is 37.3 Å². The van der Waals surface area contributed by atoms with Crippen molar-refractivity contribution in [2.75, 3.05) is 40.5 Å². The second-order valence-electron chi connectivity index (χ2n) is 12.4. The number of benzene rings is 1. The monoisotopic (exact) mass is 638 g/mol. The molecule has 5 atom stereocenters. The predicted octanol–water partition coefficient (Wildman–Crippen LogP) is 3.63. The van der Waals surface area contributed by atoms with E-state index >= 15 is 0 Å². The van der Waals surface area contributed by atoms with Crippen molar-refractivity contribution in [1.29, 1.82) is 0 Å². The quantitative estimate of drug-likeness (QED) is 0.448. The molecule has 1 aliphatic carbocycles. The van der Waals surface area contributed by atoms with Gasteiger partial charge >= 0.3 is 6.18 Å². The smallest absolute Gasteiger partial charge is 0.379 e. The molecule has 3 heterocycles. The van der Waals surface area contributed by atoms with Crippen LogP contribution in [0.15, 0.2) is 42.6 Å². The molecule has 1 saturated heterocycles. The molecular weight excluding hydrogens is 597 g/mol. The largest absolute Gasteiger partial charge is 0.417 e. The molecule has 9 nitrogen and oxygen atoms in total. The third kappa shape index (κ3) is 6.96. The molecule has 0 radical (unpaired) electrons. The number of nitrogens with zero attached hydrogens (tertiary/aromatic N) is 3. The Kier molecular flexibility index (Phi) is 9.72. The summed E-state index contributed by atoms with van der Waals surface area (Å²) in [5, 5.41) is 3.67. The van der Waals surface area contributed by atoms with Crippen LogP contribution in [0.25, 0.3) is 0 Å². The van der Waals surface area contributed by atoms with E-state index in [1.165, 1.54) is 11.4 Å². The fourth-order valence-corrected chi connectivity index (χ4v) is 8.25. The molecule has 2 fully saturated rings. The molecule has 242 valence electrons. The summed E-state index contributed by atoms with van der Waals surface area (Å²) in [6.07, 6.45) is -1.77. The SMILES string of the molecule is COC1COCCC1N[C@@H]1C[C@@H](C)[C@](CN(C)S(=O)(=O)Cc2ccccc2)(C(=O)N2CCc3ncc(C(F)(F)F)cc3C2)C1. The Hall–Kier alpha value is -2.58. The van der Waals surface area contributed by atoms with E-state index in [1.807, 2.05) is 13.0 Å². The van der Waals surface area contributed by atoms with E-state index in [-0.39, 0.29) is 48.9 Å². The molecule has 3 aliphatic rings. The summed E-state index contributed by atoms with van der Waals surface area (Å²) < 4.78 is 80.0. The number of ether oxygens (including phenoxy) is 2. The van der Waals surface area contributed by atoms with E-state index < -0.39 is 27.2 Å². The first kappa shape index (κ1) is 32.8. The zero-order valence-corrected chi connectivity index (χ0v) is 26.2. The van der Waals surface area contributed by atoms with Crippen LogP contribution in [-0.2, 0) is 49.2 Å². The highest BCUT2D eigenvalue weighted by Crippen LogP contribution is 2.47. The highest BCUT2D eigenvalue weighted by atomic mass is 32.2. The van der Waals surface area contributed by atoms with Crippen molar-refractivity contribution in [3.05, 3.63) is 65.0 Å². The number of carbonyl (C=O) groups excluding carboxylic acids is 1. The summed E-state index contributed by atoms with van der Waals surface area (Å²) in [4.78, 5) is 20.2. The summed E-state index contributed by atoms with van der Waals surface area (Å²) in [6, 6.07) is 9.88. The van der Waals surface area contributed by atoms with Crippen molar-refractivity contribution < 1.29 is 35.9 Å². The highest BCUT2D eigenvalue weighted by molar-refractivity contribution is 7.88. The van der Waals surface area contributed by atoms with Gasteiger partial charge in [0.05, 0.1) is 29.4 Å². The molecule has 5 rings (SSSR count). The van der Waals surface area contributed by atoms with Crippen LogP contribution in [0.1, 0.15) is 48.6 Å². The van der Waals surface area contributed by atoms with Gasteiger partial charge in [-0.2, -0.15) is 13.2 Å². The van der Waals surface area contributed by atoms with Gasteiger partial charge in [-0.3, -0.25) is 9.78 Å². The molecule has 13 heteroatoms. The van der Waals surface area contributed by atoms with E-state index in [0.29, 0.717) is 55.8 Å². The first-order valence-corrected chi connectivity index (χ1v) is 16.6. The normalized spacial score (nSPS) is 27.8. The van der Waals surface area contributed by atoms with Gasteiger partial charge in [0.15, 0.2) is 0 Å². The highest BCUT2D eigenvalue weighted by Gasteiger charge is 2.54. The van der Waals surface area contributed by atoms with Crippen LogP contribution < -0.4 is 5.32 Å². The lowest BCUT2D eigenvalue weighted by molar-refractivity contribution is -0.146. The zero-order chi connectivity index (χ0) is 31.7. The number of fused-ring (bicyclic) bond motifs is 1. The molecule has 1 amide bonds. The molecule has 1 aromatic carbocycles. The van der Waals surface area contributed by atoms with Crippen molar-refractivity contribution in [2.45, 2.75) is 69.3 Å². The number of pyridine rings is 1. The number of amides is 1. The number of alkyl halides is 3. The van der Waals surface area contributed by atoms with Crippen LogP contribution in [0.4, 0.5) is 13.2 Å². The van der Waals surface area contributed by atoms with Crippen molar-refractivity contribution in [3.8, 4) is 0 Å². The van der Waals surface area contributed by atoms with Crippen molar-refractivity contribution in [3.63, 3.8) is 0 Å². The first-order valence-electron chi connectivity index (χ1n) is 15.0. The number of halogens is 3. The van der Waals surface area contributed by atoms with E-state index in [0.717, 1.165) is 18.7 Å². The van der Waals surface area contributed by atoms with Crippen molar-refractivity contribution in [2.24, 2.45) is 11.3 Å². The van der Waals surface area contributed by atoms with Gasteiger partial charge < -0.3 is 19.7 Å². The zero-order valence-electron chi connectivity index (χ0n) is 25.3. The Bertz CT molecular complexity index is 1430. The average molecular weight is 639 g/mol. The lowest BCUT2D eigenvalue weighted by atomic mass is 9.76. The number of carbonyl (C=O) groups is 1. The minimum atomic E-state index is -4.55. The van der Waals surface area contributed by atoms with Crippen LogP contribution in [0.5, 0.6) is 0 Å². The van der Waals surface area contributed by atoms with Crippen LogP contribution in [0, 0.1) is 11.3 Å². The van der Waals surface area contributed by atoms with Gasteiger partial charge in [-0.05, 0) is 42.4 Å². The number of hydrogen-bond acceptors (Lipinski definition) is 7. The number of methoxy groups -OCH3 is 1. The lowest BCUT2D eigenvalue weighted by Gasteiger charge is -2.41. The second-order valence-corrected chi connectivity index (χ2v) is 14.5. The second kappa shape index (κ2) is 13.0. The van der Waals surface area contributed by atoms with Gasteiger partial charge in [-0.15, -0.1) is 0 Å². The van der Waals surface area contributed by atoms with Crippen LogP contribution in [0.2, 0.25) is 0 Å². The third-order valence-corrected chi connectivity index (χ3v) is 11.3. The van der Waals surface area contributed by atoms with Crippen molar-refractivity contribution in [1.82, 2.24) is 19.5 Å². The molecule has 44 heavy (non-hydrogen) atoms. The molecule has 0 spiro atoms. The number of rotatable bonds is 9. The minimum Gasteiger partial charge on any atom is -0.379 e. The molecular formula is C31H41F3N4O5S. The van der Waals surface area contributed by atoms with E-state index in [2.05, 4.69) is 10.3 Å². The molecule has 2 aromatic rings. The van der Waals surface area contributed by atoms with E-state index in [1.54, 1.807) is 36.3 Å². The molecule has 2 unspecified atom stereocenters. The number of hydrogen-bond donors (Lipinski definition) is 1. The number of sulfonamides is 1. The maximum atomic E-state index is 14.6. The molecule has 2 aliphatic heterocycles. The van der Waals surface area contributed by atoms with E-state index in [9.17, 15) is 26.4 Å². The van der Waals surface area contributed by atoms with Gasteiger partial charge in [-0.25, -0.2) is 12.7 Å².